The number of hydrogen-bond acceptors (Lipinski definition) is 8. The first-order valence-electron chi connectivity index (χ1n) is 14.7. The van der Waals surface area contributed by atoms with Gasteiger partial charge in [0.2, 0.25) is 11.8 Å². The van der Waals surface area contributed by atoms with Crippen LogP contribution in [0.2, 0.25) is 0 Å². The number of nitrogens with zero attached hydrogens (tertiary/aromatic N) is 2. The van der Waals surface area contributed by atoms with Crippen molar-refractivity contribution >= 4 is 41.3 Å². The third-order valence-electron chi connectivity index (χ3n) is 7.35. The summed E-state index contributed by atoms with van der Waals surface area (Å²) in [5.41, 5.74) is 7.39. The van der Waals surface area contributed by atoms with Crippen LogP contribution in [0.25, 0.3) is 0 Å². The van der Waals surface area contributed by atoms with E-state index in [1.807, 2.05) is 50.4 Å². The molecule has 1 aromatic carbocycles. The van der Waals surface area contributed by atoms with E-state index in [0.717, 1.165) is 5.56 Å². The van der Waals surface area contributed by atoms with Crippen molar-refractivity contribution in [2.75, 3.05) is 12.0 Å². The van der Waals surface area contributed by atoms with Crippen molar-refractivity contribution in [3.63, 3.8) is 0 Å². The van der Waals surface area contributed by atoms with E-state index in [-0.39, 0.29) is 31.0 Å². The van der Waals surface area contributed by atoms with Crippen molar-refractivity contribution in [2.24, 2.45) is 24.6 Å². The molecule has 4 atom stereocenters. The van der Waals surface area contributed by atoms with Gasteiger partial charge in [0.05, 0.1) is 36.5 Å². The molecule has 0 aliphatic heterocycles. The van der Waals surface area contributed by atoms with Gasteiger partial charge in [-0.15, -0.1) is 0 Å². The monoisotopic (exact) mass is 631 g/mol. The number of carboxylic acids is 2. The molecule has 12 nitrogen and oxygen atoms in total. The number of amides is 2. The topological polar surface area (TPSA) is 194 Å². The smallest absolute Gasteiger partial charge is 0.307 e. The Morgan fingerprint density at radius 3 is 2.25 bits per heavy atom. The van der Waals surface area contributed by atoms with Crippen LogP contribution in [0, 0.1) is 11.8 Å². The molecule has 0 saturated heterocycles. The molecular weight excluding hydrogens is 586 g/mol. The number of aryl methyl sites for hydroxylation is 2. The molecule has 0 saturated carbocycles. The van der Waals surface area contributed by atoms with E-state index in [0.29, 0.717) is 36.5 Å². The zero-order valence-corrected chi connectivity index (χ0v) is 26.6. The van der Waals surface area contributed by atoms with Gasteiger partial charge in [-0.1, -0.05) is 44.2 Å². The summed E-state index contributed by atoms with van der Waals surface area (Å²) >= 11 is 1.54. The molecule has 0 bridgehead atoms. The molecule has 0 spiro atoms. The van der Waals surface area contributed by atoms with E-state index in [2.05, 4.69) is 15.6 Å². The zero-order chi connectivity index (χ0) is 32.8. The Morgan fingerprint density at radius 1 is 1.00 bits per heavy atom. The van der Waals surface area contributed by atoms with Gasteiger partial charge in [-0.25, -0.2) is 4.98 Å². The number of nitrogens with one attached hydrogen (secondary N) is 2. The van der Waals surface area contributed by atoms with Crippen LogP contribution >= 0.6 is 11.8 Å². The van der Waals surface area contributed by atoms with Crippen molar-refractivity contribution in [3.8, 4) is 0 Å². The molecule has 2 rings (SSSR count). The first-order chi connectivity index (χ1) is 20.8. The summed E-state index contributed by atoms with van der Waals surface area (Å²) in [4.78, 5) is 66.6. The fraction of sp³-hybridized carbons (Fsp3) is 0.548. The van der Waals surface area contributed by atoms with Gasteiger partial charge in [0, 0.05) is 26.1 Å². The number of carbonyl (C=O) groups excluding carboxylic acids is 3. The summed E-state index contributed by atoms with van der Waals surface area (Å²) in [5.74, 6) is -3.30. The van der Waals surface area contributed by atoms with Crippen LogP contribution in [-0.2, 0) is 50.3 Å². The fourth-order valence-corrected chi connectivity index (χ4v) is 5.14. The predicted molar refractivity (Wildman–Crippen MR) is 168 cm³/mol. The maximum atomic E-state index is 13.5. The molecule has 1 heterocycles. The molecule has 6 N–H and O–H groups in total. The Balaban J connectivity index is 2.13. The van der Waals surface area contributed by atoms with Gasteiger partial charge < -0.3 is 31.1 Å². The van der Waals surface area contributed by atoms with E-state index in [1.165, 1.54) is 0 Å². The summed E-state index contributed by atoms with van der Waals surface area (Å²) < 4.78 is 1.76. The Labute approximate surface area is 262 Å². The molecule has 0 fully saturated rings. The standard InChI is InChI=1S/C31H45N5O7S/c1-19(2)28(32)30(41)35-24(15-20-9-6-5-7-10-20)29(40)34-23(13-14-44-4)25(37)17-22-18-36(3)26(33-22)12-8-11-21(31(42)43)16-27(38)39/h5-7,9-10,18-19,21,23-24,28H,8,11-17,32H2,1-4H3,(H,34,40)(H,35,41)(H,38,39)(H,42,43)/t21-,23-,24-,28-/m0/s1. The number of benzene rings is 1. The summed E-state index contributed by atoms with van der Waals surface area (Å²) in [6.07, 6.45) is 4.80. The van der Waals surface area contributed by atoms with E-state index in [9.17, 15) is 29.1 Å². The minimum atomic E-state index is -1.16. The number of rotatable bonds is 20. The van der Waals surface area contributed by atoms with Crippen molar-refractivity contribution in [2.45, 2.75) is 76.9 Å². The molecule has 1 aromatic heterocycles. The molecule has 0 aliphatic rings. The van der Waals surface area contributed by atoms with Crippen LogP contribution in [0.3, 0.4) is 0 Å². The number of nitrogens with two attached hydrogens (primary N) is 1. The number of imidazole rings is 1. The molecule has 2 aromatic rings. The third-order valence-corrected chi connectivity index (χ3v) is 8.00. The number of aromatic nitrogens is 2. The Kier molecular flexibility index (Phi) is 15.1. The van der Waals surface area contributed by atoms with Crippen molar-refractivity contribution in [3.05, 3.63) is 53.6 Å². The van der Waals surface area contributed by atoms with Crippen LogP contribution in [-0.4, -0.2) is 79.4 Å². The molecule has 242 valence electrons. The quantitative estimate of drug-likeness (QED) is 0.144. The summed E-state index contributed by atoms with van der Waals surface area (Å²) in [5, 5.41) is 23.9. The molecule has 0 radical (unpaired) electrons. The second kappa shape index (κ2) is 18.2. The fourth-order valence-electron chi connectivity index (χ4n) is 4.67. The van der Waals surface area contributed by atoms with E-state index in [1.54, 1.807) is 29.6 Å². The number of carboxylic acid groups (broad SMARTS) is 2. The number of aliphatic carboxylic acids is 2. The predicted octanol–water partition coefficient (Wildman–Crippen LogP) is 1.98. The van der Waals surface area contributed by atoms with Gasteiger partial charge in [0.1, 0.15) is 11.9 Å². The lowest BCUT2D eigenvalue weighted by atomic mass is 9.98. The summed E-state index contributed by atoms with van der Waals surface area (Å²) in [7, 11) is 1.77. The molecule has 0 aliphatic carbocycles. The highest BCUT2D eigenvalue weighted by Crippen LogP contribution is 2.16. The first-order valence-corrected chi connectivity index (χ1v) is 16.1. The Morgan fingerprint density at radius 2 is 1.66 bits per heavy atom. The summed E-state index contributed by atoms with van der Waals surface area (Å²) in [6, 6.07) is 6.74. The van der Waals surface area contributed by atoms with E-state index < -0.39 is 54.2 Å². The second-order valence-electron chi connectivity index (χ2n) is 11.3. The number of hydrogen-bond donors (Lipinski definition) is 5. The van der Waals surface area contributed by atoms with E-state index >= 15 is 0 Å². The second-order valence-corrected chi connectivity index (χ2v) is 12.3. The molecule has 2 amide bonds. The lowest BCUT2D eigenvalue weighted by Gasteiger charge is -2.25. The maximum Gasteiger partial charge on any atom is 0.307 e. The highest BCUT2D eigenvalue weighted by atomic mass is 32.2. The van der Waals surface area contributed by atoms with Gasteiger partial charge in [0.25, 0.3) is 0 Å². The van der Waals surface area contributed by atoms with Gasteiger partial charge in [-0.2, -0.15) is 11.8 Å². The van der Waals surface area contributed by atoms with Crippen LogP contribution in [0.5, 0.6) is 0 Å². The lowest BCUT2D eigenvalue weighted by molar-refractivity contribution is -0.148. The first kappa shape index (κ1) is 36.5. The van der Waals surface area contributed by atoms with Crippen LogP contribution in [0.4, 0.5) is 0 Å². The number of carbonyl (C=O) groups is 5. The van der Waals surface area contributed by atoms with Crippen molar-refractivity contribution in [1.82, 2.24) is 20.2 Å². The van der Waals surface area contributed by atoms with Gasteiger partial charge in [-0.05, 0) is 42.8 Å². The molecule has 0 unspecified atom stereocenters. The van der Waals surface area contributed by atoms with Gasteiger partial charge >= 0.3 is 11.9 Å². The number of Topliss-reactive ketones (excluding diaryl/α,β-unsaturated/α-hetero) is 1. The van der Waals surface area contributed by atoms with Gasteiger partial charge in [-0.3, -0.25) is 24.0 Å². The highest BCUT2D eigenvalue weighted by Gasteiger charge is 2.29. The maximum absolute atomic E-state index is 13.5. The Bertz CT molecular complexity index is 1270. The average Bonchev–Trinajstić information content (AvgIpc) is 3.31. The lowest BCUT2D eigenvalue weighted by Crippen LogP contribution is -2.56. The van der Waals surface area contributed by atoms with Crippen molar-refractivity contribution < 1.29 is 34.2 Å². The average molecular weight is 632 g/mol. The SMILES string of the molecule is CSCC[C@H](NC(=O)[C@H](Cc1ccccc1)NC(=O)[C@@H](N)C(C)C)C(=O)Cc1cn(C)c(CCC[C@@H](CC(=O)O)C(=O)O)n1. The molecule has 44 heavy (non-hydrogen) atoms. The minimum Gasteiger partial charge on any atom is -0.481 e. The summed E-state index contributed by atoms with van der Waals surface area (Å²) in [6.45, 7) is 3.64. The highest BCUT2D eigenvalue weighted by molar-refractivity contribution is 7.98. The third kappa shape index (κ3) is 12.1. The van der Waals surface area contributed by atoms with E-state index in [4.69, 9.17) is 10.8 Å². The largest absolute Gasteiger partial charge is 0.481 e. The zero-order valence-electron chi connectivity index (χ0n) is 25.8. The number of ketones is 1. The van der Waals surface area contributed by atoms with Crippen LogP contribution < -0.4 is 16.4 Å². The minimum absolute atomic E-state index is 0.0299. The van der Waals surface area contributed by atoms with Crippen molar-refractivity contribution in [1.29, 1.82) is 0 Å². The Hall–Kier alpha value is -3.71. The van der Waals surface area contributed by atoms with Gasteiger partial charge in [0.15, 0.2) is 5.78 Å². The van der Waals surface area contributed by atoms with Crippen LogP contribution in [0.15, 0.2) is 36.5 Å². The normalized spacial score (nSPS) is 14.0. The molecular formula is C31H45N5O7S. The molecule has 13 heteroatoms. The number of thioether (sulfide) groups is 1. The van der Waals surface area contributed by atoms with Crippen LogP contribution in [0.1, 0.15) is 56.6 Å².